The van der Waals surface area contributed by atoms with Crippen molar-refractivity contribution in [2.24, 2.45) is 5.92 Å². The number of nitrogens with zero attached hydrogens (tertiary/aromatic N) is 3. The molecule has 0 aromatic carbocycles. The van der Waals surface area contributed by atoms with Gasteiger partial charge in [0.2, 0.25) is 0 Å². The highest BCUT2D eigenvalue weighted by molar-refractivity contribution is 5.36. The molecule has 2 aliphatic rings. The van der Waals surface area contributed by atoms with Gasteiger partial charge >= 0.3 is 0 Å². The van der Waals surface area contributed by atoms with E-state index in [1.165, 1.54) is 6.07 Å². The second-order valence-electron chi connectivity index (χ2n) is 8.04. The minimum absolute atomic E-state index is 0.345. The number of fused-ring (bicyclic) bond motifs is 1. The molecule has 2 aromatic rings. The lowest BCUT2D eigenvalue weighted by Gasteiger charge is -2.37. The molecule has 170 valence electrons. The van der Waals surface area contributed by atoms with E-state index in [4.69, 9.17) is 14.2 Å². The molecule has 4 heterocycles. The molecule has 4 rings (SSSR count). The van der Waals surface area contributed by atoms with Crippen LogP contribution in [0.2, 0.25) is 0 Å². The molecule has 2 aromatic heterocycles. The Hall–Kier alpha value is -2.41. The summed E-state index contributed by atoms with van der Waals surface area (Å²) >= 11 is 0. The number of pyridine rings is 2. The first-order valence-corrected chi connectivity index (χ1v) is 11.2. The monoisotopic (exact) mass is 431 g/mol. The highest BCUT2D eigenvalue weighted by Gasteiger charge is 2.28. The van der Waals surface area contributed by atoms with Crippen molar-refractivity contribution in [3.63, 3.8) is 0 Å². The van der Waals surface area contributed by atoms with Crippen LogP contribution in [-0.2, 0) is 6.54 Å². The molecule has 31 heavy (non-hydrogen) atoms. The van der Waals surface area contributed by atoms with Gasteiger partial charge in [0.1, 0.15) is 24.8 Å². The lowest BCUT2D eigenvalue weighted by Crippen LogP contribution is -2.43. The summed E-state index contributed by atoms with van der Waals surface area (Å²) in [6.45, 7) is 12.9. The standard InChI is InChI=1S/C22H28FN3O3.C2H6/c1-14-8-18(9-15(2)24-14)29-13-17-5-4-16(3)26(11-17)12-20-19(23)10-21-22(25-20)28-7-6-27-21;1-2/h8-10,16-17H,4-7,11-13H2,1-3H3;1-2H3/t16-,17?;/m1./s1. The first-order valence-electron chi connectivity index (χ1n) is 11.2. The maximum atomic E-state index is 14.5. The number of hydrogen-bond donors (Lipinski definition) is 0. The lowest BCUT2D eigenvalue weighted by atomic mass is 9.94. The number of likely N-dealkylation sites (tertiary alicyclic amines) is 1. The Balaban J connectivity index is 0.00000132. The minimum Gasteiger partial charge on any atom is -0.493 e. The van der Waals surface area contributed by atoms with Gasteiger partial charge in [-0.2, -0.15) is 0 Å². The first-order chi connectivity index (χ1) is 15.0. The number of hydrogen-bond acceptors (Lipinski definition) is 6. The van der Waals surface area contributed by atoms with Gasteiger partial charge < -0.3 is 14.2 Å². The van der Waals surface area contributed by atoms with E-state index in [1.807, 2.05) is 39.8 Å². The maximum Gasteiger partial charge on any atom is 0.257 e. The molecule has 0 amide bonds. The van der Waals surface area contributed by atoms with Crippen molar-refractivity contribution >= 4 is 0 Å². The molecule has 7 heteroatoms. The van der Waals surface area contributed by atoms with Crippen LogP contribution in [-0.4, -0.2) is 47.3 Å². The van der Waals surface area contributed by atoms with E-state index < -0.39 is 0 Å². The fraction of sp³-hybridized carbons (Fsp3) is 0.583. The molecule has 0 aliphatic carbocycles. The van der Waals surface area contributed by atoms with Crippen LogP contribution in [0.1, 0.15) is 50.7 Å². The van der Waals surface area contributed by atoms with Gasteiger partial charge in [0, 0.05) is 54.6 Å². The normalized spacial score (nSPS) is 20.6. The predicted octanol–water partition coefficient (Wildman–Crippen LogP) is 4.71. The number of ether oxygens (including phenoxy) is 3. The van der Waals surface area contributed by atoms with E-state index in [9.17, 15) is 4.39 Å². The second-order valence-corrected chi connectivity index (χ2v) is 8.04. The van der Waals surface area contributed by atoms with Crippen molar-refractivity contribution in [2.75, 3.05) is 26.4 Å². The van der Waals surface area contributed by atoms with E-state index in [0.717, 1.165) is 36.5 Å². The zero-order chi connectivity index (χ0) is 22.4. The summed E-state index contributed by atoms with van der Waals surface area (Å²) in [6.07, 6.45) is 2.15. The summed E-state index contributed by atoms with van der Waals surface area (Å²) in [4.78, 5) is 11.0. The van der Waals surface area contributed by atoms with Gasteiger partial charge in [-0.25, -0.2) is 9.37 Å². The van der Waals surface area contributed by atoms with Crippen LogP contribution in [0, 0.1) is 25.6 Å². The van der Waals surface area contributed by atoms with E-state index in [-0.39, 0.29) is 5.82 Å². The quantitative estimate of drug-likeness (QED) is 0.683. The van der Waals surface area contributed by atoms with Crippen molar-refractivity contribution in [1.29, 1.82) is 0 Å². The lowest BCUT2D eigenvalue weighted by molar-refractivity contribution is 0.0806. The van der Waals surface area contributed by atoms with Crippen LogP contribution >= 0.6 is 0 Å². The van der Waals surface area contributed by atoms with E-state index >= 15 is 0 Å². The van der Waals surface area contributed by atoms with Crippen molar-refractivity contribution in [3.05, 3.63) is 41.1 Å². The molecule has 0 bridgehead atoms. The van der Waals surface area contributed by atoms with Crippen LogP contribution in [0.25, 0.3) is 0 Å². The zero-order valence-electron chi connectivity index (χ0n) is 19.3. The van der Waals surface area contributed by atoms with Crippen LogP contribution in [0.3, 0.4) is 0 Å². The molecule has 1 unspecified atom stereocenters. The number of piperidine rings is 1. The summed E-state index contributed by atoms with van der Waals surface area (Å²) in [5.41, 5.74) is 2.32. The summed E-state index contributed by atoms with van der Waals surface area (Å²) in [5.74, 6) is 1.68. The van der Waals surface area contributed by atoms with Gasteiger partial charge in [0.25, 0.3) is 5.88 Å². The van der Waals surface area contributed by atoms with E-state index in [0.29, 0.717) is 55.6 Å². The van der Waals surface area contributed by atoms with Gasteiger partial charge in [-0.3, -0.25) is 9.88 Å². The molecular weight excluding hydrogens is 397 g/mol. The smallest absolute Gasteiger partial charge is 0.257 e. The van der Waals surface area contributed by atoms with Crippen molar-refractivity contribution in [2.45, 2.75) is 60.0 Å². The van der Waals surface area contributed by atoms with Crippen molar-refractivity contribution in [3.8, 4) is 17.4 Å². The predicted molar refractivity (Wildman–Crippen MR) is 118 cm³/mol. The Morgan fingerprint density at radius 1 is 1.06 bits per heavy atom. The highest BCUT2D eigenvalue weighted by atomic mass is 19.1. The fourth-order valence-corrected chi connectivity index (χ4v) is 4.00. The van der Waals surface area contributed by atoms with E-state index in [1.54, 1.807) is 0 Å². The van der Waals surface area contributed by atoms with Crippen LogP contribution in [0.15, 0.2) is 18.2 Å². The summed E-state index contributed by atoms with van der Waals surface area (Å²) in [7, 11) is 0. The molecule has 0 N–H and O–H groups in total. The Morgan fingerprint density at radius 3 is 2.52 bits per heavy atom. The Bertz CT molecular complexity index is 857. The number of halogens is 1. The van der Waals surface area contributed by atoms with E-state index in [2.05, 4.69) is 21.8 Å². The molecule has 0 saturated carbocycles. The van der Waals surface area contributed by atoms with Crippen molar-refractivity contribution in [1.82, 2.24) is 14.9 Å². The molecule has 0 radical (unpaired) electrons. The summed E-state index contributed by atoms with van der Waals surface area (Å²) in [6, 6.07) is 5.68. The Morgan fingerprint density at radius 2 is 1.77 bits per heavy atom. The Labute approximate surface area is 184 Å². The molecular formula is C24H34FN3O3. The topological polar surface area (TPSA) is 56.7 Å². The molecule has 2 atom stereocenters. The first kappa shape index (κ1) is 23.3. The van der Waals surface area contributed by atoms with Gasteiger partial charge in [0.05, 0.1) is 12.3 Å². The number of aromatic nitrogens is 2. The summed E-state index contributed by atoms with van der Waals surface area (Å²) in [5, 5.41) is 0. The molecule has 2 aliphatic heterocycles. The summed E-state index contributed by atoms with van der Waals surface area (Å²) < 4.78 is 31.5. The van der Waals surface area contributed by atoms with Crippen LogP contribution in [0.5, 0.6) is 17.4 Å². The van der Waals surface area contributed by atoms with Gasteiger partial charge in [-0.05, 0) is 33.6 Å². The van der Waals surface area contributed by atoms with Crippen LogP contribution in [0.4, 0.5) is 4.39 Å². The third kappa shape index (κ3) is 6.06. The minimum atomic E-state index is -0.345. The van der Waals surface area contributed by atoms with Gasteiger partial charge in [0.15, 0.2) is 5.75 Å². The second kappa shape index (κ2) is 10.8. The fourth-order valence-electron chi connectivity index (χ4n) is 4.00. The number of rotatable bonds is 5. The maximum absolute atomic E-state index is 14.5. The average Bonchev–Trinajstić information content (AvgIpc) is 2.75. The van der Waals surface area contributed by atoms with Crippen LogP contribution < -0.4 is 14.2 Å². The molecule has 1 saturated heterocycles. The molecule has 6 nitrogen and oxygen atoms in total. The Kier molecular flexibility index (Phi) is 8.07. The van der Waals surface area contributed by atoms with Gasteiger partial charge in [-0.15, -0.1) is 0 Å². The third-order valence-corrected chi connectivity index (χ3v) is 5.56. The van der Waals surface area contributed by atoms with Gasteiger partial charge in [-0.1, -0.05) is 13.8 Å². The molecule has 1 fully saturated rings. The largest absolute Gasteiger partial charge is 0.493 e. The average molecular weight is 432 g/mol. The third-order valence-electron chi connectivity index (χ3n) is 5.56. The van der Waals surface area contributed by atoms with Crippen molar-refractivity contribution < 1.29 is 18.6 Å². The zero-order valence-corrected chi connectivity index (χ0v) is 19.3. The number of aryl methyl sites for hydroxylation is 2. The SMILES string of the molecule is CC.Cc1cc(OCC2CC[C@@H](C)N(Cc3nc4c(cc3F)OCCO4)C2)cc(C)n1. The molecule has 0 spiro atoms. The highest BCUT2D eigenvalue weighted by Crippen LogP contribution is 2.31.